The van der Waals surface area contributed by atoms with Crippen LogP contribution in [0.15, 0.2) is 24.3 Å². The standard InChI is InChI=1S/C19H26ClNO3/c1-3-14(2)21-17(22)13-24-18(23)19(10-5-4-6-11-19)15-8-7-9-16(20)12-15/h7-9,12,14H,3-6,10-11,13H2,1-2H3,(H,21,22)/t14-/m1/s1. The van der Waals surface area contributed by atoms with Gasteiger partial charge in [-0.2, -0.15) is 0 Å². The van der Waals surface area contributed by atoms with Crippen LogP contribution in [-0.4, -0.2) is 24.5 Å². The maximum absolute atomic E-state index is 12.8. The summed E-state index contributed by atoms with van der Waals surface area (Å²) in [6.45, 7) is 3.69. The van der Waals surface area contributed by atoms with Crippen molar-refractivity contribution in [3.05, 3.63) is 34.9 Å². The molecule has 1 aliphatic rings. The number of ether oxygens (including phenoxy) is 1. The lowest BCUT2D eigenvalue weighted by Gasteiger charge is -2.35. The van der Waals surface area contributed by atoms with Gasteiger partial charge in [0.25, 0.3) is 5.91 Å². The third-order valence-corrected chi connectivity index (χ3v) is 5.06. The zero-order chi connectivity index (χ0) is 17.6. The fourth-order valence-electron chi connectivity index (χ4n) is 3.24. The highest BCUT2D eigenvalue weighted by molar-refractivity contribution is 6.30. The number of hydrogen-bond donors (Lipinski definition) is 1. The van der Waals surface area contributed by atoms with Gasteiger partial charge in [0.1, 0.15) is 0 Å². The van der Waals surface area contributed by atoms with Crippen LogP contribution in [0.5, 0.6) is 0 Å². The monoisotopic (exact) mass is 351 g/mol. The number of amides is 1. The summed E-state index contributed by atoms with van der Waals surface area (Å²) in [5.74, 6) is -0.571. The maximum Gasteiger partial charge on any atom is 0.317 e. The van der Waals surface area contributed by atoms with Crippen molar-refractivity contribution < 1.29 is 14.3 Å². The molecule has 0 aromatic heterocycles. The van der Waals surface area contributed by atoms with Crippen LogP contribution in [-0.2, 0) is 19.7 Å². The van der Waals surface area contributed by atoms with Gasteiger partial charge in [0, 0.05) is 11.1 Å². The second-order valence-electron chi connectivity index (χ2n) is 6.61. The predicted octanol–water partition coefficient (Wildman–Crippen LogP) is 4.00. The summed E-state index contributed by atoms with van der Waals surface area (Å²) < 4.78 is 5.39. The third kappa shape index (κ3) is 4.50. The first-order chi connectivity index (χ1) is 11.5. The first-order valence-electron chi connectivity index (χ1n) is 8.70. The molecule has 132 valence electrons. The van der Waals surface area contributed by atoms with Crippen LogP contribution < -0.4 is 5.32 Å². The number of nitrogens with one attached hydrogen (secondary N) is 1. The molecule has 1 aliphatic carbocycles. The van der Waals surface area contributed by atoms with Crippen molar-refractivity contribution >= 4 is 23.5 Å². The molecule has 1 atom stereocenters. The molecule has 24 heavy (non-hydrogen) atoms. The van der Waals surface area contributed by atoms with Crippen molar-refractivity contribution in [2.45, 2.75) is 63.8 Å². The number of benzene rings is 1. The molecule has 0 bridgehead atoms. The van der Waals surface area contributed by atoms with Crippen molar-refractivity contribution in [3.8, 4) is 0 Å². The highest BCUT2D eigenvalue weighted by Crippen LogP contribution is 2.41. The van der Waals surface area contributed by atoms with E-state index in [0.717, 1.165) is 44.1 Å². The number of carbonyl (C=O) groups is 2. The number of carbonyl (C=O) groups excluding carboxylic acids is 2. The SMILES string of the molecule is CC[C@@H](C)NC(=O)COC(=O)C1(c2cccc(Cl)c2)CCCCC1. The van der Waals surface area contributed by atoms with Crippen LogP contribution in [0.3, 0.4) is 0 Å². The Morgan fingerprint density at radius 2 is 2.00 bits per heavy atom. The van der Waals surface area contributed by atoms with Crippen molar-refractivity contribution in [1.29, 1.82) is 0 Å². The van der Waals surface area contributed by atoms with E-state index in [2.05, 4.69) is 5.32 Å². The zero-order valence-electron chi connectivity index (χ0n) is 14.4. The molecule has 1 N–H and O–H groups in total. The van der Waals surface area contributed by atoms with Gasteiger partial charge in [-0.05, 0) is 43.9 Å². The molecule has 1 fully saturated rings. The molecule has 1 aromatic carbocycles. The molecular formula is C19H26ClNO3. The molecule has 1 saturated carbocycles. The predicted molar refractivity (Wildman–Crippen MR) is 95.1 cm³/mol. The normalized spacial score (nSPS) is 17.8. The Bertz CT molecular complexity index is 582. The summed E-state index contributed by atoms with van der Waals surface area (Å²) in [5.41, 5.74) is 0.210. The minimum absolute atomic E-state index is 0.0766. The number of hydrogen-bond acceptors (Lipinski definition) is 3. The molecule has 0 heterocycles. The Morgan fingerprint density at radius 3 is 2.62 bits per heavy atom. The van der Waals surface area contributed by atoms with Gasteiger partial charge in [-0.1, -0.05) is 49.9 Å². The second kappa shape index (κ2) is 8.52. The molecule has 0 spiro atoms. The Labute approximate surface area is 148 Å². The van der Waals surface area contributed by atoms with E-state index in [1.807, 2.05) is 32.0 Å². The Kier molecular flexibility index (Phi) is 6.67. The van der Waals surface area contributed by atoms with E-state index >= 15 is 0 Å². The lowest BCUT2D eigenvalue weighted by atomic mass is 9.69. The van der Waals surface area contributed by atoms with Gasteiger partial charge in [0.05, 0.1) is 5.41 Å². The van der Waals surface area contributed by atoms with Gasteiger partial charge in [-0.3, -0.25) is 9.59 Å². The Morgan fingerprint density at radius 1 is 1.29 bits per heavy atom. The highest BCUT2D eigenvalue weighted by atomic mass is 35.5. The summed E-state index contributed by atoms with van der Waals surface area (Å²) in [6, 6.07) is 7.50. The van der Waals surface area contributed by atoms with Crippen molar-refractivity contribution in [2.24, 2.45) is 0 Å². The molecule has 0 aliphatic heterocycles. The number of halogens is 1. The summed E-state index contributed by atoms with van der Waals surface area (Å²) in [4.78, 5) is 24.7. The smallest absolute Gasteiger partial charge is 0.317 e. The van der Waals surface area contributed by atoms with Gasteiger partial charge in [-0.25, -0.2) is 0 Å². The van der Waals surface area contributed by atoms with Gasteiger partial charge in [0.2, 0.25) is 0 Å². The molecule has 1 amide bonds. The molecule has 5 heteroatoms. The summed E-state index contributed by atoms with van der Waals surface area (Å²) in [6.07, 6.45) is 5.37. The van der Waals surface area contributed by atoms with E-state index in [-0.39, 0.29) is 24.5 Å². The van der Waals surface area contributed by atoms with E-state index in [1.54, 1.807) is 6.07 Å². The third-order valence-electron chi connectivity index (χ3n) is 4.83. The Balaban J connectivity index is 2.10. The van der Waals surface area contributed by atoms with Crippen molar-refractivity contribution in [3.63, 3.8) is 0 Å². The van der Waals surface area contributed by atoms with Gasteiger partial charge < -0.3 is 10.1 Å². The van der Waals surface area contributed by atoms with Crippen LogP contribution in [0.2, 0.25) is 5.02 Å². The zero-order valence-corrected chi connectivity index (χ0v) is 15.2. The molecule has 0 unspecified atom stereocenters. The first-order valence-corrected chi connectivity index (χ1v) is 9.08. The first kappa shape index (κ1) is 18.8. The maximum atomic E-state index is 12.8. The molecule has 1 aromatic rings. The van der Waals surface area contributed by atoms with Crippen molar-refractivity contribution in [1.82, 2.24) is 5.32 Å². The summed E-state index contributed by atoms with van der Waals surface area (Å²) in [7, 11) is 0. The molecule has 0 saturated heterocycles. The lowest BCUT2D eigenvalue weighted by Crippen LogP contribution is -2.42. The topological polar surface area (TPSA) is 55.4 Å². The molecule has 2 rings (SSSR count). The largest absolute Gasteiger partial charge is 0.455 e. The Hall–Kier alpha value is -1.55. The molecule has 4 nitrogen and oxygen atoms in total. The van der Waals surface area contributed by atoms with E-state index in [9.17, 15) is 9.59 Å². The minimum atomic E-state index is -0.681. The van der Waals surface area contributed by atoms with E-state index in [1.165, 1.54) is 0 Å². The molecule has 0 radical (unpaired) electrons. The second-order valence-corrected chi connectivity index (χ2v) is 7.04. The highest BCUT2D eigenvalue weighted by Gasteiger charge is 2.42. The van der Waals surface area contributed by atoms with Crippen LogP contribution in [0, 0.1) is 0 Å². The summed E-state index contributed by atoms with van der Waals surface area (Å²) in [5, 5.41) is 3.42. The van der Waals surface area contributed by atoms with Crippen LogP contribution in [0.1, 0.15) is 57.9 Å². The van der Waals surface area contributed by atoms with Crippen LogP contribution >= 0.6 is 11.6 Å². The number of rotatable bonds is 6. The van der Waals surface area contributed by atoms with Crippen LogP contribution in [0.4, 0.5) is 0 Å². The summed E-state index contributed by atoms with van der Waals surface area (Å²) >= 11 is 6.12. The number of esters is 1. The average Bonchev–Trinajstić information content (AvgIpc) is 2.60. The van der Waals surface area contributed by atoms with E-state index in [4.69, 9.17) is 16.3 Å². The lowest BCUT2D eigenvalue weighted by molar-refractivity contribution is -0.156. The molecular weight excluding hydrogens is 326 g/mol. The van der Waals surface area contributed by atoms with E-state index < -0.39 is 5.41 Å². The van der Waals surface area contributed by atoms with Crippen molar-refractivity contribution in [2.75, 3.05) is 6.61 Å². The van der Waals surface area contributed by atoms with Crippen LogP contribution in [0.25, 0.3) is 0 Å². The van der Waals surface area contributed by atoms with Gasteiger partial charge >= 0.3 is 5.97 Å². The fraction of sp³-hybridized carbons (Fsp3) is 0.579. The van der Waals surface area contributed by atoms with Gasteiger partial charge in [-0.15, -0.1) is 0 Å². The van der Waals surface area contributed by atoms with E-state index in [0.29, 0.717) is 5.02 Å². The minimum Gasteiger partial charge on any atom is -0.455 e. The van der Waals surface area contributed by atoms with Gasteiger partial charge in [0.15, 0.2) is 6.61 Å². The fourth-order valence-corrected chi connectivity index (χ4v) is 3.43. The average molecular weight is 352 g/mol. The quantitative estimate of drug-likeness (QED) is 0.788.